The van der Waals surface area contributed by atoms with Crippen molar-refractivity contribution in [2.45, 2.75) is 31.9 Å². The van der Waals surface area contributed by atoms with Crippen molar-refractivity contribution < 1.29 is 9.66 Å². The van der Waals surface area contributed by atoms with Gasteiger partial charge in [0.05, 0.1) is 0 Å². The summed E-state index contributed by atoms with van der Waals surface area (Å²) in [7, 11) is 0. The molecule has 6 heteroatoms. The lowest BCUT2D eigenvalue weighted by atomic mass is 9.90. The summed E-state index contributed by atoms with van der Waals surface area (Å²) in [5.41, 5.74) is 6.22. The molecule has 86 valence electrons. The molecule has 1 aromatic rings. The van der Waals surface area contributed by atoms with E-state index in [1.165, 1.54) is 0 Å². The number of nitrogens with two attached hydrogens (primary N) is 1. The minimum atomic E-state index is -0.527. The minimum Gasteiger partial charge on any atom is -0.482 e. The van der Waals surface area contributed by atoms with Gasteiger partial charge in [-0.2, -0.15) is 0 Å². The molecule has 0 saturated heterocycles. The smallest absolute Gasteiger partial charge is 0.406 e. The molecule has 1 aromatic heterocycles. The van der Waals surface area contributed by atoms with Crippen molar-refractivity contribution in [1.82, 2.24) is 4.98 Å². The molecule has 0 spiro atoms. The molecule has 1 aliphatic carbocycles. The fourth-order valence-electron chi connectivity index (χ4n) is 1.64. The lowest BCUT2D eigenvalue weighted by molar-refractivity contribution is -0.390. The van der Waals surface area contributed by atoms with Crippen LogP contribution in [0, 0.1) is 17.0 Å². The molecule has 16 heavy (non-hydrogen) atoms. The molecular weight excluding hydrogens is 210 g/mol. The summed E-state index contributed by atoms with van der Waals surface area (Å²) >= 11 is 0. The van der Waals surface area contributed by atoms with E-state index in [2.05, 4.69) is 4.98 Å². The SMILES string of the molecule is Cc1ccc(OC2CC(N)C2)c([N+](=O)[O-])n1. The van der Waals surface area contributed by atoms with Gasteiger partial charge in [-0.25, -0.2) is 0 Å². The summed E-state index contributed by atoms with van der Waals surface area (Å²) in [4.78, 5) is 14.1. The van der Waals surface area contributed by atoms with E-state index in [4.69, 9.17) is 10.5 Å². The Hall–Kier alpha value is -1.69. The van der Waals surface area contributed by atoms with Gasteiger partial charge in [-0.3, -0.25) is 0 Å². The summed E-state index contributed by atoms with van der Waals surface area (Å²) in [5, 5.41) is 10.8. The standard InChI is InChI=1S/C10H13N3O3/c1-6-2-3-9(10(12-6)13(14)15)16-8-4-7(11)5-8/h2-3,7-8H,4-5,11H2,1H3. The molecule has 1 aliphatic rings. The molecule has 2 N–H and O–H groups in total. The van der Waals surface area contributed by atoms with Crippen LogP contribution in [0.4, 0.5) is 5.82 Å². The van der Waals surface area contributed by atoms with Gasteiger partial charge >= 0.3 is 5.82 Å². The summed E-state index contributed by atoms with van der Waals surface area (Å²) in [5.74, 6) is 0.00738. The molecule has 0 amide bonds. The molecule has 0 aromatic carbocycles. The molecule has 0 aliphatic heterocycles. The Bertz CT molecular complexity index is 416. The van der Waals surface area contributed by atoms with Crippen LogP contribution in [0.2, 0.25) is 0 Å². The predicted octanol–water partition coefficient (Wildman–Crippen LogP) is 1.17. The number of rotatable bonds is 3. The number of nitro groups is 1. The molecule has 1 saturated carbocycles. The van der Waals surface area contributed by atoms with E-state index in [-0.39, 0.29) is 23.7 Å². The summed E-state index contributed by atoms with van der Waals surface area (Å²) in [6.07, 6.45) is 1.47. The van der Waals surface area contributed by atoms with Crippen molar-refractivity contribution in [2.24, 2.45) is 5.73 Å². The third kappa shape index (κ3) is 2.11. The first-order chi connectivity index (χ1) is 7.56. The lowest BCUT2D eigenvalue weighted by Gasteiger charge is -2.32. The molecular formula is C10H13N3O3. The van der Waals surface area contributed by atoms with E-state index in [1.807, 2.05) is 0 Å². The Morgan fingerprint density at radius 1 is 1.56 bits per heavy atom. The lowest BCUT2D eigenvalue weighted by Crippen LogP contribution is -2.43. The fourth-order valence-corrected chi connectivity index (χ4v) is 1.64. The Kier molecular flexibility index (Phi) is 2.74. The van der Waals surface area contributed by atoms with Crippen LogP contribution in [-0.2, 0) is 0 Å². The normalized spacial score (nSPS) is 23.6. The fraction of sp³-hybridized carbons (Fsp3) is 0.500. The Morgan fingerprint density at radius 2 is 2.25 bits per heavy atom. The van der Waals surface area contributed by atoms with Crippen LogP contribution >= 0.6 is 0 Å². The Labute approximate surface area is 92.6 Å². The molecule has 1 fully saturated rings. The van der Waals surface area contributed by atoms with E-state index in [9.17, 15) is 10.1 Å². The van der Waals surface area contributed by atoms with Crippen molar-refractivity contribution in [3.05, 3.63) is 27.9 Å². The second-order valence-electron chi connectivity index (χ2n) is 4.00. The van der Waals surface area contributed by atoms with Gasteiger partial charge in [0.2, 0.25) is 5.75 Å². The molecule has 0 unspecified atom stereocenters. The topological polar surface area (TPSA) is 91.3 Å². The zero-order valence-electron chi connectivity index (χ0n) is 8.92. The number of hydrogen-bond acceptors (Lipinski definition) is 5. The molecule has 0 radical (unpaired) electrons. The number of aryl methyl sites for hydroxylation is 1. The van der Waals surface area contributed by atoms with Crippen molar-refractivity contribution in [3.8, 4) is 5.75 Å². The largest absolute Gasteiger partial charge is 0.482 e. The zero-order valence-corrected chi connectivity index (χ0v) is 8.92. The average Bonchev–Trinajstić information content (AvgIpc) is 2.17. The highest BCUT2D eigenvalue weighted by atomic mass is 16.6. The average molecular weight is 223 g/mol. The highest BCUT2D eigenvalue weighted by Crippen LogP contribution is 2.30. The van der Waals surface area contributed by atoms with Gasteiger partial charge in [0.15, 0.2) is 0 Å². The second kappa shape index (κ2) is 4.05. The third-order valence-corrected chi connectivity index (χ3v) is 2.58. The van der Waals surface area contributed by atoms with E-state index in [0.29, 0.717) is 5.69 Å². The van der Waals surface area contributed by atoms with Crippen LogP contribution in [0.1, 0.15) is 18.5 Å². The van der Waals surface area contributed by atoms with Crippen LogP contribution in [0.5, 0.6) is 5.75 Å². The van der Waals surface area contributed by atoms with Crippen molar-refractivity contribution >= 4 is 5.82 Å². The summed E-state index contributed by atoms with van der Waals surface area (Å²) < 4.78 is 5.48. The highest BCUT2D eigenvalue weighted by molar-refractivity contribution is 5.40. The summed E-state index contributed by atoms with van der Waals surface area (Å²) in [6.45, 7) is 1.70. The monoisotopic (exact) mass is 223 g/mol. The maximum absolute atomic E-state index is 10.8. The second-order valence-corrected chi connectivity index (χ2v) is 4.00. The van der Waals surface area contributed by atoms with E-state index < -0.39 is 4.92 Å². The van der Waals surface area contributed by atoms with Crippen LogP contribution in [0.25, 0.3) is 0 Å². The van der Waals surface area contributed by atoms with E-state index in [1.54, 1.807) is 19.1 Å². The van der Waals surface area contributed by atoms with E-state index in [0.717, 1.165) is 12.8 Å². The molecule has 0 bridgehead atoms. The van der Waals surface area contributed by atoms with E-state index >= 15 is 0 Å². The predicted molar refractivity (Wildman–Crippen MR) is 57.3 cm³/mol. The van der Waals surface area contributed by atoms with Gasteiger partial charge in [-0.15, -0.1) is 0 Å². The zero-order chi connectivity index (χ0) is 11.7. The van der Waals surface area contributed by atoms with Gasteiger partial charge in [0.25, 0.3) is 0 Å². The van der Waals surface area contributed by atoms with Gasteiger partial charge in [0.1, 0.15) is 11.8 Å². The van der Waals surface area contributed by atoms with Crippen LogP contribution in [-0.4, -0.2) is 22.1 Å². The van der Waals surface area contributed by atoms with Crippen LogP contribution in [0.15, 0.2) is 12.1 Å². The minimum absolute atomic E-state index is 0.0155. The Morgan fingerprint density at radius 3 is 2.81 bits per heavy atom. The quantitative estimate of drug-likeness (QED) is 0.613. The van der Waals surface area contributed by atoms with Gasteiger partial charge < -0.3 is 20.6 Å². The number of aromatic nitrogens is 1. The summed E-state index contributed by atoms with van der Waals surface area (Å²) in [6, 6.07) is 3.44. The third-order valence-electron chi connectivity index (χ3n) is 2.58. The van der Waals surface area contributed by atoms with Gasteiger partial charge in [-0.05, 0) is 34.9 Å². The highest BCUT2D eigenvalue weighted by Gasteiger charge is 2.30. The molecule has 1 heterocycles. The van der Waals surface area contributed by atoms with Crippen molar-refractivity contribution in [2.75, 3.05) is 0 Å². The number of nitrogens with zero attached hydrogens (tertiary/aromatic N) is 2. The number of ether oxygens (including phenoxy) is 1. The van der Waals surface area contributed by atoms with Crippen molar-refractivity contribution in [3.63, 3.8) is 0 Å². The van der Waals surface area contributed by atoms with Crippen LogP contribution < -0.4 is 10.5 Å². The number of hydrogen-bond donors (Lipinski definition) is 1. The first-order valence-electron chi connectivity index (χ1n) is 5.10. The van der Waals surface area contributed by atoms with Gasteiger partial charge in [0, 0.05) is 13.0 Å². The first kappa shape index (κ1) is 10.8. The maximum atomic E-state index is 10.8. The maximum Gasteiger partial charge on any atom is 0.406 e. The number of pyridine rings is 1. The molecule has 6 nitrogen and oxygen atoms in total. The molecule has 0 atom stereocenters. The molecule has 2 rings (SSSR count). The van der Waals surface area contributed by atoms with Crippen molar-refractivity contribution in [1.29, 1.82) is 0 Å². The van der Waals surface area contributed by atoms with Gasteiger partial charge in [-0.1, -0.05) is 0 Å². The Balaban J connectivity index is 2.16. The van der Waals surface area contributed by atoms with Crippen LogP contribution in [0.3, 0.4) is 0 Å². The first-order valence-corrected chi connectivity index (χ1v) is 5.10.